The van der Waals surface area contributed by atoms with Crippen LogP contribution in [0.1, 0.15) is 36.6 Å². The molecule has 0 unspecified atom stereocenters. The molecule has 4 heteroatoms. The summed E-state index contributed by atoms with van der Waals surface area (Å²) in [6, 6.07) is 14.1. The molecule has 2 aromatic rings. The first-order chi connectivity index (χ1) is 10.5. The van der Waals surface area contributed by atoms with Crippen LogP contribution in [0.15, 0.2) is 48.5 Å². The number of aryl methyl sites for hydroxylation is 1. The van der Waals surface area contributed by atoms with Crippen molar-refractivity contribution >= 4 is 5.91 Å². The summed E-state index contributed by atoms with van der Waals surface area (Å²) in [6.45, 7) is 3.86. The number of hydrogen-bond donors (Lipinski definition) is 2. The van der Waals surface area contributed by atoms with E-state index >= 15 is 0 Å². The SMILES string of the molecule is CCc1ccc([C@H]([NH2+][C@H](C)C(N)=O)c2cccc(F)c2)cc1. The number of primary amides is 1. The fraction of sp³-hybridized carbons (Fsp3) is 0.278. The smallest absolute Gasteiger partial charge is 0.275 e. The highest BCUT2D eigenvalue weighted by molar-refractivity contribution is 5.77. The summed E-state index contributed by atoms with van der Waals surface area (Å²) in [7, 11) is 0. The third-order valence-electron chi connectivity index (χ3n) is 3.88. The van der Waals surface area contributed by atoms with Crippen LogP contribution < -0.4 is 11.1 Å². The molecule has 3 nitrogen and oxygen atoms in total. The van der Waals surface area contributed by atoms with Crippen molar-refractivity contribution < 1.29 is 14.5 Å². The summed E-state index contributed by atoms with van der Waals surface area (Å²) in [4.78, 5) is 11.4. The number of carbonyl (C=O) groups is 1. The van der Waals surface area contributed by atoms with Crippen molar-refractivity contribution in [3.8, 4) is 0 Å². The molecular formula is C18H22FN2O+. The van der Waals surface area contributed by atoms with Gasteiger partial charge in [-0.2, -0.15) is 0 Å². The second-order valence-electron chi connectivity index (χ2n) is 5.51. The first-order valence-corrected chi connectivity index (χ1v) is 7.50. The molecule has 0 spiro atoms. The summed E-state index contributed by atoms with van der Waals surface area (Å²) in [6.07, 6.45) is 0.965. The van der Waals surface area contributed by atoms with E-state index in [1.807, 2.05) is 23.5 Å². The van der Waals surface area contributed by atoms with E-state index in [-0.39, 0.29) is 23.8 Å². The Labute approximate surface area is 130 Å². The van der Waals surface area contributed by atoms with Gasteiger partial charge < -0.3 is 11.1 Å². The summed E-state index contributed by atoms with van der Waals surface area (Å²) in [5.74, 6) is -0.667. The number of rotatable bonds is 6. The molecule has 2 atom stereocenters. The molecule has 0 radical (unpaired) electrons. The first kappa shape index (κ1) is 16.2. The maximum Gasteiger partial charge on any atom is 0.275 e. The Bertz CT molecular complexity index is 640. The summed E-state index contributed by atoms with van der Waals surface area (Å²) >= 11 is 0. The molecule has 0 aliphatic carbocycles. The minimum absolute atomic E-state index is 0.163. The zero-order valence-electron chi connectivity index (χ0n) is 12.9. The zero-order chi connectivity index (χ0) is 16.1. The molecule has 0 aliphatic heterocycles. The van der Waals surface area contributed by atoms with Gasteiger partial charge in [0.15, 0.2) is 6.04 Å². The highest BCUT2D eigenvalue weighted by Gasteiger charge is 2.23. The van der Waals surface area contributed by atoms with E-state index in [4.69, 9.17) is 5.73 Å². The van der Waals surface area contributed by atoms with E-state index in [9.17, 15) is 9.18 Å². The van der Waals surface area contributed by atoms with E-state index < -0.39 is 0 Å². The topological polar surface area (TPSA) is 59.7 Å². The standard InChI is InChI=1S/C18H21FN2O/c1-3-13-7-9-14(10-8-13)17(21-12(2)18(20)22)15-5-4-6-16(19)11-15/h4-12,17,21H,3H2,1-2H3,(H2,20,22)/p+1/t12-,17+/m1/s1. The predicted octanol–water partition coefficient (Wildman–Crippen LogP) is 1.91. The van der Waals surface area contributed by atoms with Crippen molar-refractivity contribution in [2.75, 3.05) is 0 Å². The van der Waals surface area contributed by atoms with Gasteiger partial charge in [-0.25, -0.2) is 4.39 Å². The van der Waals surface area contributed by atoms with Gasteiger partial charge >= 0.3 is 0 Å². The van der Waals surface area contributed by atoms with Gasteiger partial charge in [0.1, 0.15) is 11.9 Å². The van der Waals surface area contributed by atoms with E-state index in [1.165, 1.54) is 17.7 Å². The van der Waals surface area contributed by atoms with Crippen molar-refractivity contribution in [1.29, 1.82) is 0 Å². The third-order valence-corrected chi connectivity index (χ3v) is 3.88. The highest BCUT2D eigenvalue weighted by atomic mass is 19.1. The van der Waals surface area contributed by atoms with Gasteiger partial charge in [-0.1, -0.05) is 43.3 Å². The molecule has 0 bridgehead atoms. The van der Waals surface area contributed by atoms with Crippen molar-refractivity contribution in [2.45, 2.75) is 32.4 Å². The van der Waals surface area contributed by atoms with Gasteiger partial charge in [-0.3, -0.25) is 4.79 Å². The van der Waals surface area contributed by atoms with Crippen molar-refractivity contribution in [1.82, 2.24) is 0 Å². The number of hydrogen-bond acceptors (Lipinski definition) is 1. The maximum absolute atomic E-state index is 13.6. The Morgan fingerprint density at radius 3 is 2.41 bits per heavy atom. The molecule has 0 aliphatic rings. The van der Waals surface area contributed by atoms with Crippen LogP contribution in [0, 0.1) is 5.82 Å². The van der Waals surface area contributed by atoms with E-state index in [0.717, 1.165) is 17.5 Å². The molecule has 0 heterocycles. The van der Waals surface area contributed by atoms with Crippen LogP contribution in [0.25, 0.3) is 0 Å². The number of amides is 1. The number of quaternary nitrogens is 1. The molecule has 0 aromatic heterocycles. The summed E-state index contributed by atoms with van der Waals surface area (Å²) < 4.78 is 13.6. The molecule has 2 aromatic carbocycles. The quantitative estimate of drug-likeness (QED) is 0.841. The van der Waals surface area contributed by atoms with Gasteiger partial charge in [0.25, 0.3) is 5.91 Å². The molecule has 0 saturated carbocycles. The molecule has 0 saturated heterocycles. The third kappa shape index (κ3) is 3.92. The van der Waals surface area contributed by atoms with Gasteiger partial charge in [0, 0.05) is 11.1 Å². The van der Waals surface area contributed by atoms with Crippen LogP contribution in [0.4, 0.5) is 4.39 Å². The van der Waals surface area contributed by atoms with Crippen LogP contribution in [-0.4, -0.2) is 11.9 Å². The summed E-state index contributed by atoms with van der Waals surface area (Å²) in [5.41, 5.74) is 8.45. The van der Waals surface area contributed by atoms with E-state index in [0.29, 0.717) is 0 Å². The largest absolute Gasteiger partial charge is 0.365 e. The molecule has 4 N–H and O–H groups in total. The molecule has 1 amide bonds. The monoisotopic (exact) mass is 301 g/mol. The van der Waals surface area contributed by atoms with Gasteiger partial charge in [0.05, 0.1) is 0 Å². The minimum atomic E-state index is -0.390. The highest BCUT2D eigenvalue weighted by Crippen LogP contribution is 2.20. The Kier molecular flexibility index (Phi) is 5.28. The number of carbonyl (C=O) groups excluding carboxylic acids is 1. The molecular weight excluding hydrogens is 279 g/mol. The van der Waals surface area contributed by atoms with E-state index in [1.54, 1.807) is 13.0 Å². The molecule has 22 heavy (non-hydrogen) atoms. The Balaban J connectivity index is 2.37. The van der Waals surface area contributed by atoms with E-state index in [2.05, 4.69) is 19.1 Å². The number of nitrogens with two attached hydrogens (primary N) is 2. The zero-order valence-corrected chi connectivity index (χ0v) is 12.9. The van der Waals surface area contributed by atoms with Crippen LogP contribution in [0.3, 0.4) is 0 Å². The van der Waals surface area contributed by atoms with Crippen molar-refractivity contribution in [3.05, 3.63) is 71.0 Å². The van der Waals surface area contributed by atoms with Gasteiger partial charge in [-0.15, -0.1) is 0 Å². The molecule has 0 fully saturated rings. The average Bonchev–Trinajstić information content (AvgIpc) is 2.52. The predicted molar refractivity (Wildman–Crippen MR) is 84.6 cm³/mol. The summed E-state index contributed by atoms with van der Waals surface area (Å²) in [5, 5.41) is 1.87. The van der Waals surface area contributed by atoms with Crippen LogP contribution in [0.2, 0.25) is 0 Å². The Morgan fingerprint density at radius 1 is 1.18 bits per heavy atom. The lowest BCUT2D eigenvalue weighted by Gasteiger charge is -2.19. The van der Waals surface area contributed by atoms with Crippen LogP contribution >= 0.6 is 0 Å². The molecule has 2 rings (SSSR count). The van der Waals surface area contributed by atoms with Crippen molar-refractivity contribution in [3.63, 3.8) is 0 Å². The number of benzene rings is 2. The lowest BCUT2D eigenvalue weighted by Crippen LogP contribution is -2.92. The average molecular weight is 301 g/mol. The second kappa shape index (κ2) is 7.18. The lowest BCUT2D eigenvalue weighted by atomic mass is 9.96. The lowest BCUT2D eigenvalue weighted by molar-refractivity contribution is -0.704. The van der Waals surface area contributed by atoms with Gasteiger partial charge in [-0.05, 0) is 31.0 Å². The maximum atomic E-state index is 13.6. The molecule has 116 valence electrons. The van der Waals surface area contributed by atoms with Crippen LogP contribution in [-0.2, 0) is 11.2 Å². The fourth-order valence-corrected chi connectivity index (χ4v) is 2.46. The first-order valence-electron chi connectivity index (χ1n) is 7.50. The fourth-order valence-electron chi connectivity index (χ4n) is 2.46. The normalized spacial score (nSPS) is 13.6. The van der Waals surface area contributed by atoms with Gasteiger partial charge in [0.2, 0.25) is 0 Å². The second-order valence-corrected chi connectivity index (χ2v) is 5.51. The Morgan fingerprint density at radius 2 is 1.86 bits per heavy atom. The van der Waals surface area contributed by atoms with Crippen molar-refractivity contribution in [2.24, 2.45) is 5.73 Å². The Hall–Kier alpha value is -2.20. The van der Waals surface area contributed by atoms with Crippen LogP contribution in [0.5, 0.6) is 0 Å². The number of halogens is 1. The minimum Gasteiger partial charge on any atom is -0.365 e.